The molecule has 17 heavy (non-hydrogen) atoms. The normalized spacial score (nSPS) is 29.9. The third-order valence-electron chi connectivity index (χ3n) is 3.89. The summed E-state index contributed by atoms with van der Waals surface area (Å²) in [4.78, 5) is 10.6. The molecule has 0 saturated heterocycles. The summed E-state index contributed by atoms with van der Waals surface area (Å²) in [5.41, 5.74) is 5.70. The van der Waals surface area contributed by atoms with Gasteiger partial charge in [0.25, 0.3) is 0 Å². The number of hydrogen-bond acceptors (Lipinski definition) is 2. The van der Waals surface area contributed by atoms with Crippen molar-refractivity contribution in [2.45, 2.75) is 78.7 Å². The Balaban J connectivity index is 0.000000284. The standard InChI is InChI=1S/C7H15N.C7H12O.CH4/c2*1-6-2-4-7(8)5-3-6;/h6-7H,2-5,8H2,1H3;6H,2-5H2,1H3;1H4. The molecule has 0 spiro atoms. The molecule has 2 nitrogen and oxygen atoms in total. The Hall–Kier alpha value is -0.370. The Bertz CT molecular complexity index is 187. The highest BCUT2D eigenvalue weighted by Gasteiger charge is 2.14. The summed E-state index contributed by atoms with van der Waals surface area (Å²) in [5.74, 6) is 2.20. The summed E-state index contributed by atoms with van der Waals surface area (Å²) >= 11 is 0. The van der Waals surface area contributed by atoms with Crippen molar-refractivity contribution < 1.29 is 4.79 Å². The van der Waals surface area contributed by atoms with Gasteiger partial charge in [0.15, 0.2) is 0 Å². The van der Waals surface area contributed by atoms with E-state index in [1.54, 1.807) is 0 Å². The Morgan fingerprint density at radius 1 is 0.882 bits per heavy atom. The second-order valence-corrected chi connectivity index (χ2v) is 5.74. The van der Waals surface area contributed by atoms with Gasteiger partial charge >= 0.3 is 0 Å². The van der Waals surface area contributed by atoms with Crippen molar-refractivity contribution in [2.75, 3.05) is 0 Å². The van der Waals surface area contributed by atoms with E-state index in [4.69, 9.17) is 5.73 Å². The summed E-state index contributed by atoms with van der Waals surface area (Å²) in [6.45, 7) is 4.53. The topological polar surface area (TPSA) is 43.1 Å². The van der Waals surface area contributed by atoms with E-state index in [1.807, 2.05) is 0 Å². The van der Waals surface area contributed by atoms with E-state index in [2.05, 4.69) is 13.8 Å². The second-order valence-electron chi connectivity index (χ2n) is 5.74. The maximum Gasteiger partial charge on any atom is 0.132 e. The number of carbonyl (C=O) groups is 1. The summed E-state index contributed by atoms with van der Waals surface area (Å²) < 4.78 is 0. The van der Waals surface area contributed by atoms with Crippen LogP contribution < -0.4 is 5.73 Å². The van der Waals surface area contributed by atoms with Gasteiger partial charge in [-0.2, -0.15) is 0 Å². The Morgan fingerprint density at radius 3 is 1.65 bits per heavy atom. The predicted molar refractivity (Wildman–Crippen MR) is 75.0 cm³/mol. The van der Waals surface area contributed by atoms with Crippen molar-refractivity contribution in [3.05, 3.63) is 0 Å². The Morgan fingerprint density at radius 2 is 1.29 bits per heavy atom. The lowest BCUT2D eigenvalue weighted by atomic mass is 9.88. The number of ketones is 1. The number of Topliss-reactive ketones (excluding diaryl/α,β-unsaturated/α-hetero) is 1. The second kappa shape index (κ2) is 8.68. The maximum atomic E-state index is 10.6. The minimum atomic E-state index is 0. The average Bonchev–Trinajstić information content (AvgIpc) is 2.28. The van der Waals surface area contributed by atoms with Crippen LogP contribution >= 0.6 is 0 Å². The van der Waals surface area contributed by atoms with Gasteiger partial charge in [-0.15, -0.1) is 0 Å². The number of carbonyl (C=O) groups excluding carboxylic acids is 1. The van der Waals surface area contributed by atoms with E-state index in [1.165, 1.54) is 25.7 Å². The zero-order valence-corrected chi connectivity index (χ0v) is 10.9. The average molecular weight is 241 g/mol. The van der Waals surface area contributed by atoms with Crippen molar-refractivity contribution in [1.29, 1.82) is 0 Å². The number of nitrogens with two attached hydrogens (primary N) is 1. The molecule has 0 heterocycles. The van der Waals surface area contributed by atoms with E-state index < -0.39 is 0 Å². The van der Waals surface area contributed by atoms with Gasteiger partial charge in [0.1, 0.15) is 5.78 Å². The molecule has 2 rings (SSSR count). The van der Waals surface area contributed by atoms with Gasteiger partial charge < -0.3 is 5.73 Å². The molecular formula is C15H31NO. The molecule has 2 aliphatic carbocycles. The van der Waals surface area contributed by atoms with Crippen LogP contribution in [0.1, 0.15) is 72.6 Å². The molecule has 0 atom stereocenters. The van der Waals surface area contributed by atoms with Crippen molar-refractivity contribution in [3.8, 4) is 0 Å². The van der Waals surface area contributed by atoms with Gasteiger partial charge in [0.05, 0.1) is 0 Å². The van der Waals surface area contributed by atoms with Crippen LogP contribution in [0.3, 0.4) is 0 Å². The minimum Gasteiger partial charge on any atom is -0.328 e. The van der Waals surface area contributed by atoms with Crippen LogP contribution in [-0.2, 0) is 4.79 Å². The summed E-state index contributed by atoms with van der Waals surface area (Å²) in [7, 11) is 0. The molecule has 2 heteroatoms. The predicted octanol–water partition coefficient (Wildman–Crippen LogP) is 3.93. The molecule has 0 aromatic heterocycles. The lowest BCUT2D eigenvalue weighted by Crippen LogP contribution is -2.25. The molecule has 2 fully saturated rings. The smallest absolute Gasteiger partial charge is 0.132 e. The fourth-order valence-electron chi connectivity index (χ4n) is 2.37. The quantitative estimate of drug-likeness (QED) is 0.698. The lowest BCUT2D eigenvalue weighted by molar-refractivity contribution is -0.120. The van der Waals surface area contributed by atoms with E-state index in [9.17, 15) is 4.79 Å². The van der Waals surface area contributed by atoms with Gasteiger partial charge in [-0.05, 0) is 50.4 Å². The van der Waals surface area contributed by atoms with Gasteiger partial charge in [0, 0.05) is 18.9 Å². The van der Waals surface area contributed by atoms with Gasteiger partial charge in [-0.1, -0.05) is 21.3 Å². The summed E-state index contributed by atoms with van der Waals surface area (Å²) in [6.07, 6.45) is 9.12. The molecule has 2 N–H and O–H groups in total. The number of hydrogen-bond donors (Lipinski definition) is 1. The van der Waals surface area contributed by atoms with Crippen LogP contribution in [0.5, 0.6) is 0 Å². The first-order valence-corrected chi connectivity index (χ1v) is 6.85. The molecule has 0 unspecified atom stereocenters. The van der Waals surface area contributed by atoms with Crippen LogP contribution in [0.2, 0.25) is 0 Å². The van der Waals surface area contributed by atoms with Gasteiger partial charge in [-0.3, -0.25) is 4.79 Å². The molecule has 2 aliphatic rings. The van der Waals surface area contributed by atoms with Crippen molar-refractivity contribution in [2.24, 2.45) is 17.6 Å². The summed E-state index contributed by atoms with van der Waals surface area (Å²) in [6, 6.07) is 0.520. The van der Waals surface area contributed by atoms with Crippen LogP contribution in [0, 0.1) is 11.8 Å². The van der Waals surface area contributed by atoms with Crippen molar-refractivity contribution >= 4 is 5.78 Å². The molecule has 2 saturated carbocycles. The fourth-order valence-corrected chi connectivity index (χ4v) is 2.37. The SMILES string of the molecule is C.CC1CCC(=O)CC1.CC1CCC(N)CC1. The van der Waals surface area contributed by atoms with Crippen LogP contribution in [0.4, 0.5) is 0 Å². The summed E-state index contributed by atoms with van der Waals surface area (Å²) in [5, 5.41) is 0. The van der Waals surface area contributed by atoms with E-state index >= 15 is 0 Å². The Labute approximate surface area is 107 Å². The van der Waals surface area contributed by atoms with Crippen LogP contribution in [0.15, 0.2) is 0 Å². The largest absolute Gasteiger partial charge is 0.328 e. The first-order valence-electron chi connectivity index (χ1n) is 6.85. The first kappa shape index (κ1) is 16.6. The van der Waals surface area contributed by atoms with Crippen molar-refractivity contribution in [3.63, 3.8) is 0 Å². The molecule has 102 valence electrons. The molecular weight excluding hydrogens is 210 g/mol. The molecule has 0 bridgehead atoms. The van der Waals surface area contributed by atoms with Gasteiger partial charge in [0.2, 0.25) is 0 Å². The third kappa shape index (κ3) is 7.54. The molecule has 0 aliphatic heterocycles. The van der Waals surface area contributed by atoms with Crippen LogP contribution in [0.25, 0.3) is 0 Å². The van der Waals surface area contributed by atoms with Gasteiger partial charge in [-0.25, -0.2) is 0 Å². The molecule has 0 amide bonds. The molecule has 0 aromatic carbocycles. The van der Waals surface area contributed by atoms with E-state index in [-0.39, 0.29) is 7.43 Å². The minimum absolute atomic E-state index is 0. The first-order chi connectivity index (χ1) is 7.58. The van der Waals surface area contributed by atoms with E-state index in [0.717, 1.165) is 37.5 Å². The zero-order valence-electron chi connectivity index (χ0n) is 10.9. The molecule has 0 radical (unpaired) electrons. The monoisotopic (exact) mass is 241 g/mol. The third-order valence-corrected chi connectivity index (χ3v) is 3.89. The number of rotatable bonds is 0. The molecule has 0 aromatic rings. The van der Waals surface area contributed by atoms with Crippen LogP contribution in [-0.4, -0.2) is 11.8 Å². The zero-order chi connectivity index (χ0) is 12.0. The lowest BCUT2D eigenvalue weighted by Gasteiger charge is -2.22. The van der Waals surface area contributed by atoms with Crippen molar-refractivity contribution in [1.82, 2.24) is 0 Å². The highest BCUT2D eigenvalue weighted by atomic mass is 16.1. The Kier molecular flexibility index (Phi) is 8.49. The highest BCUT2D eigenvalue weighted by Crippen LogP contribution is 2.21. The highest BCUT2D eigenvalue weighted by molar-refractivity contribution is 5.78. The maximum absolute atomic E-state index is 10.6. The van der Waals surface area contributed by atoms with E-state index in [0.29, 0.717) is 11.8 Å². The fraction of sp³-hybridized carbons (Fsp3) is 0.933.